The van der Waals surface area contributed by atoms with Crippen molar-refractivity contribution >= 4 is 47.2 Å². The summed E-state index contributed by atoms with van der Waals surface area (Å²) in [7, 11) is 1.97. The third-order valence-electron chi connectivity index (χ3n) is 3.74. The predicted octanol–water partition coefficient (Wildman–Crippen LogP) is 3.38. The number of ether oxygens (including phenoxy) is 1. The molecule has 0 saturated carbocycles. The summed E-state index contributed by atoms with van der Waals surface area (Å²) >= 11 is 1.80. The maximum atomic E-state index is 11.9. The van der Waals surface area contributed by atoms with Gasteiger partial charge in [-0.25, -0.2) is 9.98 Å². The number of esters is 1. The van der Waals surface area contributed by atoms with E-state index in [-0.39, 0.29) is 36.5 Å². The molecule has 8 heteroatoms. The molecule has 1 aliphatic rings. The highest BCUT2D eigenvalue weighted by molar-refractivity contribution is 14.0. The molecule has 0 radical (unpaired) electrons. The van der Waals surface area contributed by atoms with Gasteiger partial charge in [-0.3, -0.25) is 4.79 Å². The number of rotatable bonds is 5. The van der Waals surface area contributed by atoms with Crippen LogP contribution in [0.2, 0.25) is 0 Å². The number of aliphatic imine (C=N–C) groups is 1. The van der Waals surface area contributed by atoms with Gasteiger partial charge in [0.1, 0.15) is 17.2 Å². The molecule has 0 spiro atoms. The Morgan fingerprint density at radius 1 is 1.35 bits per heavy atom. The van der Waals surface area contributed by atoms with Crippen LogP contribution in [0.25, 0.3) is 0 Å². The molecule has 26 heavy (non-hydrogen) atoms. The van der Waals surface area contributed by atoms with Gasteiger partial charge in [0.25, 0.3) is 0 Å². The van der Waals surface area contributed by atoms with Crippen LogP contribution in [0, 0.1) is 0 Å². The van der Waals surface area contributed by atoms with Crippen molar-refractivity contribution < 1.29 is 9.53 Å². The van der Waals surface area contributed by atoms with Crippen LogP contribution < -0.4 is 5.32 Å². The van der Waals surface area contributed by atoms with Gasteiger partial charge in [0.2, 0.25) is 0 Å². The first kappa shape index (κ1) is 23.1. The minimum absolute atomic E-state index is 0. The molecule has 0 bridgehead atoms. The molecule has 1 aromatic heterocycles. The molecule has 1 heterocycles. The van der Waals surface area contributed by atoms with Crippen LogP contribution in [0.15, 0.2) is 4.99 Å². The number of guanidine groups is 1. The fourth-order valence-electron chi connectivity index (χ4n) is 2.73. The summed E-state index contributed by atoms with van der Waals surface area (Å²) in [5, 5.41) is 4.34. The van der Waals surface area contributed by atoms with Crippen LogP contribution in [-0.4, -0.2) is 47.6 Å². The first-order valence-corrected chi connectivity index (χ1v) is 9.79. The van der Waals surface area contributed by atoms with E-state index in [9.17, 15) is 4.79 Å². The van der Waals surface area contributed by atoms with Gasteiger partial charge in [0, 0.05) is 18.5 Å². The summed E-state index contributed by atoms with van der Waals surface area (Å²) in [5.41, 5.74) is 0.784. The SMILES string of the molecule is CCNC(=NCC(=O)OC(C)(C)C)N(C)Cc1nc2c(s1)CCCC2.I. The van der Waals surface area contributed by atoms with E-state index >= 15 is 0 Å². The lowest BCUT2D eigenvalue weighted by atomic mass is 10.0. The molecule has 148 valence electrons. The summed E-state index contributed by atoms with van der Waals surface area (Å²) in [4.78, 5) is 24.5. The average molecular weight is 494 g/mol. The number of nitrogens with zero attached hydrogens (tertiary/aromatic N) is 3. The van der Waals surface area contributed by atoms with Crippen LogP contribution in [0.4, 0.5) is 0 Å². The molecule has 2 rings (SSSR count). The Morgan fingerprint density at radius 2 is 2.04 bits per heavy atom. The number of carbonyl (C=O) groups excluding carboxylic acids is 1. The van der Waals surface area contributed by atoms with Gasteiger partial charge in [-0.05, 0) is 53.4 Å². The first-order chi connectivity index (χ1) is 11.8. The van der Waals surface area contributed by atoms with Gasteiger partial charge >= 0.3 is 5.97 Å². The number of carbonyl (C=O) groups is 1. The number of nitrogens with one attached hydrogen (secondary N) is 1. The zero-order valence-electron chi connectivity index (χ0n) is 16.4. The minimum atomic E-state index is -0.489. The van der Waals surface area contributed by atoms with Crippen LogP contribution in [-0.2, 0) is 28.9 Å². The molecule has 0 amide bonds. The maximum absolute atomic E-state index is 11.9. The molecule has 0 atom stereocenters. The number of aryl methyl sites for hydroxylation is 2. The van der Waals surface area contributed by atoms with E-state index in [1.54, 1.807) is 11.3 Å². The highest BCUT2D eigenvalue weighted by Gasteiger charge is 2.18. The first-order valence-electron chi connectivity index (χ1n) is 8.97. The van der Waals surface area contributed by atoms with Gasteiger partial charge in [-0.1, -0.05) is 0 Å². The van der Waals surface area contributed by atoms with Crippen molar-refractivity contribution in [2.24, 2.45) is 4.99 Å². The van der Waals surface area contributed by atoms with Crippen LogP contribution in [0.1, 0.15) is 56.1 Å². The second-order valence-electron chi connectivity index (χ2n) is 7.30. The van der Waals surface area contributed by atoms with E-state index in [0.717, 1.165) is 24.4 Å². The van der Waals surface area contributed by atoms with Gasteiger partial charge < -0.3 is 15.0 Å². The smallest absolute Gasteiger partial charge is 0.328 e. The van der Waals surface area contributed by atoms with Gasteiger partial charge in [0.15, 0.2) is 5.96 Å². The highest BCUT2D eigenvalue weighted by Crippen LogP contribution is 2.27. The second-order valence-corrected chi connectivity index (χ2v) is 8.47. The molecule has 0 aliphatic heterocycles. The van der Waals surface area contributed by atoms with Crippen LogP contribution in [0.3, 0.4) is 0 Å². The van der Waals surface area contributed by atoms with E-state index in [1.165, 1.54) is 23.4 Å². The summed E-state index contributed by atoms with van der Waals surface area (Å²) < 4.78 is 5.32. The molecule has 1 aliphatic carbocycles. The number of fused-ring (bicyclic) bond motifs is 1. The second kappa shape index (κ2) is 10.4. The fourth-order valence-corrected chi connectivity index (χ4v) is 3.94. The van der Waals surface area contributed by atoms with Crippen molar-refractivity contribution in [2.45, 2.75) is 65.5 Å². The number of hydrogen-bond donors (Lipinski definition) is 1. The summed E-state index contributed by atoms with van der Waals surface area (Å²) in [6, 6.07) is 0. The average Bonchev–Trinajstić information content (AvgIpc) is 2.91. The fraction of sp³-hybridized carbons (Fsp3) is 0.722. The number of aromatic nitrogens is 1. The van der Waals surface area contributed by atoms with E-state index < -0.39 is 5.60 Å². The summed E-state index contributed by atoms with van der Waals surface area (Å²) in [5.74, 6) is 0.377. The number of thiazole rings is 1. The standard InChI is InChI=1S/C18H30N4O2S.HI/c1-6-19-17(20-11-16(23)24-18(2,3)4)22(5)12-15-21-13-9-7-8-10-14(13)25-15;/h6-12H2,1-5H3,(H,19,20);1H. The molecular weight excluding hydrogens is 463 g/mol. The molecular formula is C18H31IN4O2S. The Hall–Kier alpha value is -0.900. The lowest BCUT2D eigenvalue weighted by molar-refractivity contribution is -0.152. The lowest BCUT2D eigenvalue weighted by Gasteiger charge is -2.22. The number of halogens is 1. The van der Waals surface area contributed by atoms with E-state index in [4.69, 9.17) is 9.72 Å². The Kier molecular flexibility index (Phi) is 9.29. The zero-order chi connectivity index (χ0) is 18.4. The molecule has 0 unspecified atom stereocenters. The van der Waals surface area contributed by atoms with Gasteiger partial charge in [-0.2, -0.15) is 0 Å². The topological polar surface area (TPSA) is 66.8 Å². The van der Waals surface area contributed by atoms with Crippen molar-refractivity contribution in [3.05, 3.63) is 15.6 Å². The third kappa shape index (κ3) is 7.38. The molecule has 1 aromatic rings. The van der Waals surface area contributed by atoms with E-state index in [0.29, 0.717) is 12.5 Å². The Morgan fingerprint density at radius 3 is 2.65 bits per heavy atom. The Balaban J connectivity index is 0.00000338. The molecule has 6 nitrogen and oxygen atoms in total. The summed E-state index contributed by atoms with van der Waals surface area (Å²) in [6.45, 7) is 9.03. The van der Waals surface area contributed by atoms with Gasteiger partial charge in [-0.15, -0.1) is 35.3 Å². The number of hydrogen-bond acceptors (Lipinski definition) is 5. The van der Waals surface area contributed by atoms with Crippen LogP contribution >= 0.6 is 35.3 Å². The van der Waals surface area contributed by atoms with Gasteiger partial charge in [0.05, 0.1) is 12.2 Å². The van der Waals surface area contributed by atoms with Crippen molar-refractivity contribution in [2.75, 3.05) is 20.1 Å². The molecule has 0 aromatic carbocycles. The largest absolute Gasteiger partial charge is 0.459 e. The van der Waals surface area contributed by atoms with Crippen molar-refractivity contribution in [3.63, 3.8) is 0 Å². The molecule has 1 N–H and O–H groups in total. The maximum Gasteiger partial charge on any atom is 0.328 e. The Bertz CT molecular complexity index is 602. The monoisotopic (exact) mass is 494 g/mol. The lowest BCUT2D eigenvalue weighted by Crippen LogP contribution is -2.39. The zero-order valence-corrected chi connectivity index (χ0v) is 19.6. The molecule has 0 saturated heterocycles. The minimum Gasteiger partial charge on any atom is -0.459 e. The Labute approximate surface area is 177 Å². The van der Waals surface area contributed by atoms with E-state index in [2.05, 4.69) is 10.3 Å². The van der Waals surface area contributed by atoms with Crippen LogP contribution in [0.5, 0.6) is 0 Å². The predicted molar refractivity (Wildman–Crippen MR) is 117 cm³/mol. The third-order valence-corrected chi connectivity index (χ3v) is 4.88. The molecule has 0 fully saturated rings. The quantitative estimate of drug-likeness (QED) is 0.294. The summed E-state index contributed by atoms with van der Waals surface area (Å²) in [6.07, 6.45) is 4.77. The van der Waals surface area contributed by atoms with Crippen molar-refractivity contribution in [1.82, 2.24) is 15.2 Å². The van der Waals surface area contributed by atoms with Crippen molar-refractivity contribution in [3.8, 4) is 0 Å². The van der Waals surface area contributed by atoms with Crippen molar-refractivity contribution in [1.29, 1.82) is 0 Å². The van der Waals surface area contributed by atoms with E-state index in [1.807, 2.05) is 39.6 Å². The highest BCUT2D eigenvalue weighted by atomic mass is 127. The normalized spacial score (nSPS) is 14.3.